The fourth-order valence-electron chi connectivity index (χ4n) is 3.49. The molecule has 0 spiro atoms. The van der Waals surface area contributed by atoms with Gasteiger partial charge in [0.25, 0.3) is 0 Å². The van der Waals surface area contributed by atoms with Gasteiger partial charge in [-0.05, 0) is 23.3 Å². The Morgan fingerprint density at radius 2 is 1.65 bits per heavy atom. The molecule has 0 unspecified atom stereocenters. The SMILES string of the molecule is O[C@@H](CSc1nnc(-c2ccccc2)n1Cc1ccc2c(c1)OCO2)c1ccccc1. The van der Waals surface area contributed by atoms with Crippen LogP contribution in [0.25, 0.3) is 11.4 Å². The van der Waals surface area contributed by atoms with Gasteiger partial charge >= 0.3 is 0 Å². The van der Waals surface area contributed by atoms with Crippen molar-refractivity contribution in [2.45, 2.75) is 17.8 Å². The van der Waals surface area contributed by atoms with E-state index in [0.717, 1.165) is 39.2 Å². The van der Waals surface area contributed by atoms with Crippen molar-refractivity contribution in [3.05, 3.63) is 90.0 Å². The maximum absolute atomic E-state index is 10.6. The zero-order valence-corrected chi connectivity index (χ0v) is 17.5. The molecule has 2 heterocycles. The van der Waals surface area contributed by atoms with Crippen LogP contribution in [-0.2, 0) is 6.54 Å². The highest BCUT2D eigenvalue weighted by atomic mass is 32.2. The minimum absolute atomic E-state index is 0.249. The van der Waals surface area contributed by atoms with Crippen molar-refractivity contribution >= 4 is 11.8 Å². The van der Waals surface area contributed by atoms with E-state index in [0.29, 0.717) is 12.3 Å². The zero-order valence-electron chi connectivity index (χ0n) is 16.7. The lowest BCUT2D eigenvalue weighted by Gasteiger charge is -2.13. The first-order valence-electron chi connectivity index (χ1n) is 10.0. The molecule has 0 saturated carbocycles. The molecular formula is C24H21N3O3S. The van der Waals surface area contributed by atoms with Crippen molar-refractivity contribution in [1.82, 2.24) is 14.8 Å². The first-order valence-corrected chi connectivity index (χ1v) is 11.0. The predicted molar refractivity (Wildman–Crippen MR) is 119 cm³/mol. The van der Waals surface area contributed by atoms with Crippen LogP contribution in [0.3, 0.4) is 0 Å². The van der Waals surface area contributed by atoms with Gasteiger partial charge in [0.15, 0.2) is 22.5 Å². The Labute approximate surface area is 184 Å². The summed E-state index contributed by atoms with van der Waals surface area (Å²) in [6.45, 7) is 0.830. The Balaban J connectivity index is 1.43. The smallest absolute Gasteiger partial charge is 0.231 e. The van der Waals surface area contributed by atoms with E-state index >= 15 is 0 Å². The van der Waals surface area contributed by atoms with Gasteiger partial charge in [-0.25, -0.2) is 0 Å². The maximum Gasteiger partial charge on any atom is 0.231 e. The van der Waals surface area contributed by atoms with Crippen molar-refractivity contribution in [3.8, 4) is 22.9 Å². The van der Waals surface area contributed by atoms with Crippen LogP contribution in [0.4, 0.5) is 0 Å². The van der Waals surface area contributed by atoms with Gasteiger partial charge in [-0.1, -0.05) is 78.5 Å². The molecule has 1 aliphatic heterocycles. The van der Waals surface area contributed by atoms with Crippen molar-refractivity contribution in [1.29, 1.82) is 0 Å². The average Bonchev–Trinajstić information content (AvgIpc) is 3.45. The van der Waals surface area contributed by atoms with Gasteiger partial charge in [-0.15, -0.1) is 10.2 Å². The number of hydrogen-bond donors (Lipinski definition) is 1. The summed E-state index contributed by atoms with van der Waals surface area (Å²) in [6.07, 6.45) is -0.581. The number of aliphatic hydroxyl groups is 1. The minimum atomic E-state index is -0.581. The predicted octanol–water partition coefficient (Wildman–Crippen LogP) is 4.55. The van der Waals surface area contributed by atoms with E-state index in [1.165, 1.54) is 11.8 Å². The maximum atomic E-state index is 10.6. The molecule has 6 nitrogen and oxygen atoms in total. The zero-order chi connectivity index (χ0) is 21.0. The summed E-state index contributed by atoms with van der Waals surface area (Å²) in [5.41, 5.74) is 2.94. The summed E-state index contributed by atoms with van der Waals surface area (Å²) >= 11 is 1.49. The summed E-state index contributed by atoms with van der Waals surface area (Å²) in [7, 11) is 0. The Morgan fingerprint density at radius 3 is 2.45 bits per heavy atom. The number of ether oxygens (including phenoxy) is 2. The number of nitrogens with zero attached hydrogens (tertiary/aromatic N) is 3. The third-order valence-corrected chi connectivity index (χ3v) is 6.12. The fourth-order valence-corrected chi connectivity index (χ4v) is 4.39. The Kier molecular flexibility index (Phi) is 5.60. The summed E-state index contributed by atoms with van der Waals surface area (Å²) < 4.78 is 13.0. The normalized spacial score (nSPS) is 13.3. The van der Waals surface area contributed by atoms with Crippen LogP contribution < -0.4 is 9.47 Å². The third-order valence-electron chi connectivity index (χ3n) is 5.08. The number of aromatic nitrogens is 3. The fraction of sp³-hybridized carbons (Fsp3) is 0.167. The summed E-state index contributed by atoms with van der Waals surface area (Å²) in [6, 6.07) is 25.6. The number of benzene rings is 3. The molecular weight excluding hydrogens is 410 g/mol. The second-order valence-corrected chi connectivity index (χ2v) is 8.17. The molecule has 1 aliphatic rings. The second kappa shape index (κ2) is 8.83. The number of aliphatic hydroxyl groups excluding tert-OH is 1. The summed E-state index contributed by atoms with van der Waals surface area (Å²) in [5.74, 6) is 2.78. The molecule has 0 fully saturated rings. The number of rotatable bonds is 7. The first kappa shape index (κ1) is 19.7. The van der Waals surface area contributed by atoms with E-state index in [9.17, 15) is 5.11 Å². The van der Waals surface area contributed by atoms with Crippen LogP contribution in [0, 0.1) is 0 Å². The lowest BCUT2D eigenvalue weighted by Crippen LogP contribution is -2.06. The topological polar surface area (TPSA) is 69.4 Å². The van der Waals surface area contributed by atoms with Crippen molar-refractivity contribution in [2.75, 3.05) is 12.5 Å². The molecule has 1 aromatic heterocycles. The molecule has 1 atom stereocenters. The lowest BCUT2D eigenvalue weighted by molar-refractivity contribution is 0.174. The first-order chi connectivity index (χ1) is 15.3. The molecule has 1 N–H and O–H groups in total. The van der Waals surface area contributed by atoms with E-state index in [2.05, 4.69) is 14.8 Å². The molecule has 156 valence electrons. The van der Waals surface area contributed by atoms with E-state index in [1.54, 1.807) is 0 Å². The van der Waals surface area contributed by atoms with Crippen LogP contribution in [0.1, 0.15) is 17.2 Å². The Morgan fingerprint density at radius 1 is 0.903 bits per heavy atom. The van der Waals surface area contributed by atoms with Crippen LogP contribution >= 0.6 is 11.8 Å². The van der Waals surface area contributed by atoms with Gasteiger partial charge in [-0.2, -0.15) is 0 Å². The average molecular weight is 432 g/mol. The van der Waals surface area contributed by atoms with Gasteiger partial charge < -0.3 is 14.6 Å². The molecule has 31 heavy (non-hydrogen) atoms. The largest absolute Gasteiger partial charge is 0.454 e. The van der Waals surface area contributed by atoms with Crippen molar-refractivity contribution in [2.24, 2.45) is 0 Å². The lowest BCUT2D eigenvalue weighted by atomic mass is 10.1. The highest BCUT2D eigenvalue weighted by Gasteiger charge is 2.19. The van der Waals surface area contributed by atoms with Crippen LogP contribution in [0.5, 0.6) is 11.5 Å². The van der Waals surface area contributed by atoms with E-state index in [-0.39, 0.29) is 6.79 Å². The monoisotopic (exact) mass is 431 g/mol. The molecule has 4 aromatic rings. The molecule has 0 amide bonds. The molecule has 0 aliphatic carbocycles. The van der Waals surface area contributed by atoms with Gasteiger partial charge in [0.2, 0.25) is 6.79 Å². The number of fused-ring (bicyclic) bond motifs is 1. The van der Waals surface area contributed by atoms with E-state index in [1.807, 2.05) is 78.9 Å². The van der Waals surface area contributed by atoms with E-state index in [4.69, 9.17) is 9.47 Å². The highest BCUT2D eigenvalue weighted by Crippen LogP contribution is 2.34. The second-order valence-electron chi connectivity index (χ2n) is 7.18. The van der Waals surface area contributed by atoms with E-state index < -0.39 is 6.10 Å². The van der Waals surface area contributed by atoms with Crippen LogP contribution in [0.15, 0.2) is 84.0 Å². The number of thioether (sulfide) groups is 1. The number of hydrogen-bond acceptors (Lipinski definition) is 6. The van der Waals surface area contributed by atoms with Crippen LogP contribution in [0.2, 0.25) is 0 Å². The Bertz CT molecular complexity index is 1170. The van der Waals surface area contributed by atoms with Gasteiger partial charge in [-0.3, -0.25) is 4.57 Å². The summed E-state index contributed by atoms with van der Waals surface area (Å²) in [5, 5.41) is 20.2. The van der Waals surface area contributed by atoms with Crippen LogP contribution in [-0.4, -0.2) is 32.4 Å². The molecule has 0 bridgehead atoms. The quantitative estimate of drug-likeness (QED) is 0.433. The Hall–Kier alpha value is -3.29. The van der Waals surface area contributed by atoms with Gasteiger partial charge in [0.05, 0.1) is 12.6 Å². The molecule has 0 radical (unpaired) electrons. The third kappa shape index (κ3) is 4.28. The molecule has 0 saturated heterocycles. The molecule has 7 heteroatoms. The minimum Gasteiger partial charge on any atom is -0.454 e. The summed E-state index contributed by atoms with van der Waals surface area (Å²) in [4.78, 5) is 0. The standard InChI is InChI=1S/C24H21N3O3S/c28-20(18-7-3-1-4-8-18)15-31-24-26-25-23(19-9-5-2-6-10-19)27(24)14-17-11-12-21-22(13-17)30-16-29-21/h1-13,20,28H,14-16H2/t20-/m0/s1. The van der Waals surface area contributed by atoms with Crippen molar-refractivity contribution in [3.63, 3.8) is 0 Å². The molecule has 3 aromatic carbocycles. The van der Waals surface area contributed by atoms with Gasteiger partial charge in [0.1, 0.15) is 0 Å². The highest BCUT2D eigenvalue weighted by molar-refractivity contribution is 7.99. The molecule has 5 rings (SSSR count). The van der Waals surface area contributed by atoms with Crippen molar-refractivity contribution < 1.29 is 14.6 Å². The van der Waals surface area contributed by atoms with Gasteiger partial charge in [0, 0.05) is 11.3 Å².